The summed E-state index contributed by atoms with van der Waals surface area (Å²) in [6.07, 6.45) is 7.93. The lowest BCUT2D eigenvalue weighted by molar-refractivity contribution is 0.104. The third kappa shape index (κ3) is 9.12. The molecule has 0 atom stereocenters. The minimum absolute atomic E-state index is 0.670. The van der Waals surface area contributed by atoms with Crippen LogP contribution in [0, 0.1) is 5.92 Å². The topological polar surface area (TPSA) is 15.7 Å². The Bertz CT molecular complexity index is 490. The summed E-state index contributed by atoms with van der Waals surface area (Å²) in [5, 5.41) is 0. The van der Waals surface area contributed by atoms with Crippen molar-refractivity contribution in [2.24, 2.45) is 5.92 Å². The molecular weight excluding hydrogens is 332 g/mol. The van der Waals surface area contributed by atoms with E-state index >= 15 is 0 Å². The second-order valence-electron chi connectivity index (χ2n) is 8.85. The molecule has 0 bridgehead atoms. The third-order valence-electron chi connectivity index (χ3n) is 5.66. The highest BCUT2D eigenvalue weighted by molar-refractivity contribution is 5.27. The summed E-state index contributed by atoms with van der Waals surface area (Å²) in [5.74, 6) is 1.86. The van der Waals surface area contributed by atoms with Crippen molar-refractivity contribution in [3.8, 4) is 5.75 Å². The lowest BCUT2D eigenvalue weighted by atomic mass is 10.0. The Labute approximate surface area is 168 Å². The summed E-state index contributed by atoms with van der Waals surface area (Å²) in [5.41, 5.74) is 1.39. The molecule has 1 aliphatic heterocycles. The fourth-order valence-electron chi connectivity index (χ4n) is 3.76. The zero-order valence-electron chi connectivity index (χ0n) is 18.3. The molecule has 0 unspecified atom stereocenters. The van der Waals surface area contributed by atoms with Crippen LogP contribution in [0.25, 0.3) is 0 Å². The number of hydrogen-bond donors (Lipinski definition) is 0. The molecule has 0 aromatic heterocycles. The smallest absolute Gasteiger partial charge is 0.119 e. The van der Waals surface area contributed by atoms with Gasteiger partial charge in [0.2, 0.25) is 0 Å². The summed E-state index contributed by atoms with van der Waals surface area (Å²) in [4.78, 5) is 5.13. The molecule has 3 nitrogen and oxygen atoms in total. The normalized spacial score (nSPS) is 16.4. The Morgan fingerprint density at radius 1 is 0.815 bits per heavy atom. The zero-order chi connectivity index (χ0) is 19.5. The SMILES string of the molecule is CC(C)CCCCCCCOc1ccc(CN2CCN(C(C)C)CC2)cc1. The van der Waals surface area contributed by atoms with Crippen molar-refractivity contribution in [3.63, 3.8) is 0 Å². The molecule has 27 heavy (non-hydrogen) atoms. The molecule has 0 radical (unpaired) electrons. The minimum Gasteiger partial charge on any atom is -0.494 e. The summed E-state index contributed by atoms with van der Waals surface area (Å²) >= 11 is 0. The standard InChI is InChI=1S/C24H42N2O/c1-21(2)10-8-6-5-7-9-19-27-24-13-11-23(12-14-24)20-25-15-17-26(18-16-25)22(3)4/h11-14,21-22H,5-10,15-20H2,1-4H3. The maximum atomic E-state index is 5.92. The van der Waals surface area contributed by atoms with Crippen molar-refractivity contribution >= 4 is 0 Å². The van der Waals surface area contributed by atoms with Crippen molar-refractivity contribution in [3.05, 3.63) is 29.8 Å². The first-order valence-electron chi connectivity index (χ1n) is 11.2. The molecule has 1 aromatic rings. The minimum atomic E-state index is 0.670. The average molecular weight is 375 g/mol. The second kappa shape index (κ2) is 12.4. The van der Waals surface area contributed by atoms with Gasteiger partial charge >= 0.3 is 0 Å². The van der Waals surface area contributed by atoms with Crippen LogP contribution in [0.1, 0.15) is 71.8 Å². The Morgan fingerprint density at radius 3 is 2.07 bits per heavy atom. The highest BCUT2D eigenvalue weighted by Gasteiger charge is 2.18. The quantitative estimate of drug-likeness (QED) is 0.444. The van der Waals surface area contributed by atoms with Crippen LogP contribution >= 0.6 is 0 Å². The van der Waals surface area contributed by atoms with Crippen molar-refractivity contribution in [2.75, 3.05) is 32.8 Å². The molecule has 0 aliphatic carbocycles. The van der Waals surface area contributed by atoms with Gasteiger partial charge in [-0.05, 0) is 43.9 Å². The molecule has 2 rings (SSSR count). The van der Waals surface area contributed by atoms with Gasteiger partial charge in [-0.1, -0.05) is 58.1 Å². The predicted molar refractivity (Wildman–Crippen MR) is 116 cm³/mol. The molecule has 3 heteroatoms. The van der Waals surface area contributed by atoms with E-state index in [-0.39, 0.29) is 0 Å². The maximum Gasteiger partial charge on any atom is 0.119 e. The molecule has 154 valence electrons. The van der Waals surface area contributed by atoms with Gasteiger partial charge in [-0.15, -0.1) is 0 Å². The third-order valence-corrected chi connectivity index (χ3v) is 5.66. The lowest BCUT2D eigenvalue weighted by Gasteiger charge is -2.36. The van der Waals surface area contributed by atoms with Gasteiger partial charge in [0.25, 0.3) is 0 Å². The molecule has 0 spiro atoms. The Morgan fingerprint density at radius 2 is 1.44 bits per heavy atom. The zero-order valence-corrected chi connectivity index (χ0v) is 18.3. The van der Waals surface area contributed by atoms with Crippen molar-refractivity contribution in [1.29, 1.82) is 0 Å². The monoisotopic (exact) mass is 374 g/mol. The summed E-state index contributed by atoms with van der Waals surface area (Å²) in [6, 6.07) is 9.42. The van der Waals surface area contributed by atoms with Crippen LogP contribution < -0.4 is 4.74 Å². The van der Waals surface area contributed by atoms with Gasteiger partial charge < -0.3 is 4.74 Å². The van der Waals surface area contributed by atoms with Crippen LogP contribution in [0.15, 0.2) is 24.3 Å². The number of benzene rings is 1. The van der Waals surface area contributed by atoms with Crippen LogP contribution in [0.2, 0.25) is 0 Å². The van der Waals surface area contributed by atoms with Gasteiger partial charge in [0.15, 0.2) is 0 Å². The average Bonchev–Trinajstić information content (AvgIpc) is 2.65. The van der Waals surface area contributed by atoms with E-state index in [2.05, 4.69) is 61.8 Å². The van der Waals surface area contributed by atoms with E-state index in [0.717, 1.165) is 24.8 Å². The van der Waals surface area contributed by atoms with E-state index in [1.165, 1.54) is 70.3 Å². The molecule has 1 saturated heterocycles. The molecule has 1 fully saturated rings. The fourth-order valence-corrected chi connectivity index (χ4v) is 3.76. The van der Waals surface area contributed by atoms with Gasteiger partial charge in [0.1, 0.15) is 5.75 Å². The lowest BCUT2D eigenvalue weighted by Crippen LogP contribution is -2.48. The first kappa shape index (κ1) is 22.2. The van der Waals surface area contributed by atoms with Crippen molar-refractivity contribution in [2.45, 2.75) is 78.8 Å². The van der Waals surface area contributed by atoms with Gasteiger partial charge in [-0.3, -0.25) is 9.80 Å². The fraction of sp³-hybridized carbons (Fsp3) is 0.750. The summed E-state index contributed by atoms with van der Waals surface area (Å²) in [7, 11) is 0. The first-order chi connectivity index (χ1) is 13.0. The van der Waals surface area contributed by atoms with Crippen LogP contribution in [-0.4, -0.2) is 48.6 Å². The first-order valence-corrected chi connectivity index (χ1v) is 11.2. The van der Waals surface area contributed by atoms with Crippen LogP contribution in [0.5, 0.6) is 5.75 Å². The van der Waals surface area contributed by atoms with Crippen molar-refractivity contribution in [1.82, 2.24) is 9.80 Å². The van der Waals surface area contributed by atoms with E-state index in [0.29, 0.717) is 6.04 Å². The largest absolute Gasteiger partial charge is 0.494 e. The molecular formula is C24H42N2O. The van der Waals surface area contributed by atoms with Crippen LogP contribution in [0.4, 0.5) is 0 Å². The van der Waals surface area contributed by atoms with Gasteiger partial charge in [0.05, 0.1) is 6.61 Å². The molecule has 1 aliphatic rings. The summed E-state index contributed by atoms with van der Waals surface area (Å²) < 4.78 is 5.92. The van der Waals surface area contributed by atoms with E-state index in [1.54, 1.807) is 0 Å². The van der Waals surface area contributed by atoms with Gasteiger partial charge in [-0.2, -0.15) is 0 Å². The van der Waals surface area contributed by atoms with E-state index in [9.17, 15) is 0 Å². The molecule has 1 heterocycles. The highest BCUT2D eigenvalue weighted by Crippen LogP contribution is 2.16. The van der Waals surface area contributed by atoms with Crippen LogP contribution in [-0.2, 0) is 6.54 Å². The number of piperazine rings is 1. The molecule has 0 N–H and O–H groups in total. The number of nitrogens with zero attached hydrogens (tertiary/aromatic N) is 2. The number of hydrogen-bond acceptors (Lipinski definition) is 3. The molecule has 0 saturated carbocycles. The van der Waals surface area contributed by atoms with E-state index in [1.807, 2.05) is 0 Å². The molecule has 0 amide bonds. The number of ether oxygens (including phenoxy) is 1. The Balaban J connectivity index is 1.56. The van der Waals surface area contributed by atoms with Crippen molar-refractivity contribution < 1.29 is 4.74 Å². The van der Waals surface area contributed by atoms with E-state index in [4.69, 9.17) is 4.74 Å². The Kier molecular flexibility index (Phi) is 10.2. The van der Waals surface area contributed by atoms with Gasteiger partial charge in [-0.25, -0.2) is 0 Å². The Hall–Kier alpha value is -1.06. The van der Waals surface area contributed by atoms with Gasteiger partial charge in [0, 0.05) is 38.8 Å². The summed E-state index contributed by atoms with van der Waals surface area (Å²) in [6.45, 7) is 15.8. The van der Waals surface area contributed by atoms with E-state index < -0.39 is 0 Å². The van der Waals surface area contributed by atoms with Crippen LogP contribution in [0.3, 0.4) is 0 Å². The maximum absolute atomic E-state index is 5.92. The highest BCUT2D eigenvalue weighted by atomic mass is 16.5. The number of rotatable bonds is 12. The number of unbranched alkanes of at least 4 members (excludes halogenated alkanes) is 4. The molecule has 1 aromatic carbocycles. The second-order valence-corrected chi connectivity index (χ2v) is 8.85. The predicted octanol–water partition coefficient (Wildman–Crippen LogP) is 5.59.